The fourth-order valence-electron chi connectivity index (χ4n) is 2.29. The molecule has 0 spiro atoms. The second kappa shape index (κ2) is 6.53. The Balaban J connectivity index is 2.25. The number of nitrogens with two attached hydrogens (primary N) is 1. The largest absolute Gasteiger partial charge is 0.492 e. The first kappa shape index (κ1) is 14.5. The summed E-state index contributed by atoms with van der Waals surface area (Å²) in [6, 6.07) is 8.20. The molecule has 1 aromatic heterocycles. The smallest absolute Gasteiger partial charge is 0.137 e. The highest BCUT2D eigenvalue weighted by atomic mass is 16.5. The van der Waals surface area contributed by atoms with Gasteiger partial charge in [0, 0.05) is 6.20 Å². The van der Waals surface area contributed by atoms with Gasteiger partial charge in [-0.2, -0.15) is 0 Å². The lowest BCUT2D eigenvalue weighted by Gasteiger charge is -2.15. The molecule has 1 atom stereocenters. The van der Waals surface area contributed by atoms with Crippen LogP contribution in [-0.4, -0.2) is 11.6 Å². The van der Waals surface area contributed by atoms with Crippen molar-refractivity contribution in [2.45, 2.75) is 33.2 Å². The number of aryl methyl sites for hydroxylation is 2. The van der Waals surface area contributed by atoms with E-state index < -0.39 is 0 Å². The summed E-state index contributed by atoms with van der Waals surface area (Å²) in [6.07, 6.45) is 4.52. The fraction of sp³-hybridized carbons (Fsp3) is 0.353. The summed E-state index contributed by atoms with van der Waals surface area (Å²) in [5.41, 5.74) is 10.9. The number of hydrogen-bond donors (Lipinski definition) is 1. The van der Waals surface area contributed by atoms with E-state index in [4.69, 9.17) is 10.5 Å². The van der Waals surface area contributed by atoms with Crippen LogP contribution in [0.5, 0.6) is 5.75 Å². The Morgan fingerprint density at radius 1 is 1.05 bits per heavy atom. The second-order valence-corrected chi connectivity index (χ2v) is 5.20. The Morgan fingerprint density at radius 3 is 2.40 bits per heavy atom. The van der Waals surface area contributed by atoms with Gasteiger partial charge in [0.05, 0.1) is 18.8 Å². The highest BCUT2D eigenvalue weighted by Crippen LogP contribution is 2.24. The van der Waals surface area contributed by atoms with Crippen LogP contribution < -0.4 is 10.5 Å². The Morgan fingerprint density at radius 2 is 1.75 bits per heavy atom. The zero-order valence-electron chi connectivity index (χ0n) is 12.4. The molecule has 3 heteroatoms. The number of ether oxygens (including phenoxy) is 1. The van der Waals surface area contributed by atoms with Gasteiger partial charge in [0.25, 0.3) is 0 Å². The number of pyridine rings is 1. The predicted octanol–water partition coefficient (Wildman–Crippen LogP) is 3.54. The maximum Gasteiger partial charge on any atom is 0.137 e. The van der Waals surface area contributed by atoms with Crippen LogP contribution in [0.25, 0.3) is 0 Å². The molecule has 0 amide bonds. The SMILES string of the molecule is CCCOc1cncc(C(N)c2cc(C)cc(C)c2)c1. The van der Waals surface area contributed by atoms with Gasteiger partial charge in [0.2, 0.25) is 0 Å². The average molecular weight is 270 g/mol. The standard InChI is InChI=1S/C17H22N2O/c1-4-5-20-16-9-15(10-19-11-16)17(18)14-7-12(2)6-13(3)8-14/h6-11,17H,4-5,18H2,1-3H3. The summed E-state index contributed by atoms with van der Waals surface area (Å²) in [5.74, 6) is 0.782. The monoisotopic (exact) mass is 270 g/mol. The number of aromatic nitrogens is 1. The molecule has 1 aromatic carbocycles. The molecular weight excluding hydrogens is 248 g/mol. The van der Waals surface area contributed by atoms with E-state index >= 15 is 0 Å². The summed E-state index contributed by atoms with van der Waals surface area (Å²) < 4.78 is 5.61. The van der Waals surface area contributed by atoms with Gasteiger partial charge in [-0.3, -0.25) is 4.98 Å². The van der Waals surface area contributed by atoms with Gasteiger partial charge in [-0.05, 0) is 37.5 Å². The molecule has 2 N–H and O–H groups in total. The second-order valence-electron chi connectivity index (χ2n) is 5.20. The lowest BCUT2D eigenvalue weighted by Crippen LogP contribution is -2.13. The van der Waals surface area contributed by atoms with Crippen LogP contribution in [0.4, 0.5) is 0 Å². The third-order valence-corrected chi connectivity index (χ3v) is 3.17. The molecule has 106 valence electrons. The van der Waals surface area contributed by atoms with Crippen molar-refractivity contribution in [1.82, 2.24) is 4.98 Å². The van der Waals surface area contributed by atoms with Crippen molar-refractivity contribution in [2.24, 2.45) is 5.73 Å². The Kier molecular flexibility index (Phi) is 4.74. The molecule has 2 aromatic rings. The van der Waals surface area contributed by atoms with Crippen LogP contribution in [-0.2, 0) is 0 Å². The van der Waals surface area contributed by atoms with Crippen molar-refractivity contribution >= 4 is 0 Å². The van der Waals surface area contributed by atoms with Crippen LogP contribution in [0.1, 0.15) is 41.6 Å². The van der Waals surface area contributed by atoms with Gasteiger partial charge in [0.1, 0.15) is 5.75 Å². The molecule has 1 unspecified atom stereocenters. The Bertz CT molecular complexity index is 561. The summed E-state index contributed by atoms with van der Waals surface area (Å²) in [4.78, 5) is 4.22. The number of nitrogens with zero attached hydrogens (tertiary/aromatic N) is 1. The molecule has 0 aliphatic heterocycles. The molecular formula is C17H22N2O. The minimum atomic E-state index is -0.175. The van der Waals surface area contributed by atoms with Crippen molar-refractivity contribution in [1.29, 1.82) is 0 Å². The predicted molar refractivity (Wildman–Crippen MR) is 82.0 cm³/mol. The van der Waals surface area contributed by atoms with Crippen molar-refractivity contribution in [3.63, 3.8) is 0 Å². The zero-order chi connectivity index (χ0) is 14.5. The Hall–Kier alpha value is -1.87. The molecule has 0 radical (unpaired) electrons. The number of hydrogen-bond acceptors (Lipinski definition) is 3. The normalized spacial score (nSPS) is 12.2. The van der Waals surface area contributed by atoms with E-state index in [0.29, 0.717) is 6.61 Å². The zero-order valence-corrected chi connectivity index (χ0v) is 12.4. The summed E-state index contributed by atoms with van der Waals surface area (Å²) in [7, 11) is 0. The maximum atomic E-state index is 6.36. The van der Waals surface area contributed by atoms with E-state index in [1.165, 1.54) is 11.1 Å². The van der Waals surface area contributed by atoms with Crippen molar-refractivity contribution in [3.05, 3.63) is 58.9 Å². The van der Waals surface area contributed by atoms with E-state index in [0.717, 1.165) is 23.3 Å². The summed E-state index contributed by atoms with van der Waals surface area (Å²) in [5, 5.41) is 0. The molecule has 0 saturated carbocycles. The van der Waals surface area contributed by atoms with E-state index in [9.17, 15) is 0 Å². The summed E-state index contributed by atoms with van der Waals surface area (Å²) in [6.45, 7) is 6.95. The lowest BCUT2D eigenvalue weighted by atomic mass is 9.97. The van der Waals surface area contributed by atoms with Gasteiger partial charge >= 0.3 is 0 Å². The Labute approximate surface area is 120 Å². The van der Waals surface area contributed by atoms with E-state index in [1.54, 1.807) is 12.4 Å². The third-order valence-electron chi connectivity index (χ3n) is 3.17. The first-order valence-corrected chi connectivity index (χ1v) is 7.01. The highest BCUT2D eigenvalue weighted by molar-refractivity contribution is 5.37. The molecule has 1 heterocycles. The quantitative estimate of drug-likeness (QED) is 0.904. The van der Waals surface area contributed by atoms with Gasteiger partial charge in [-0.15, -0.1) is 0 Å². The van der Waals surface area contributed by atoms with Crippen LogP contribution in [0, 0.1) is 13.8 Å². The van der Waals surface area contributed by atoms with Crippen molar-refractivity contribution in [2.75, 3.05) is 6.61 Å². The van der Waals surface area contributed by atoms with E-state index in [2.05, 4.69) is 44.0 Å². The lowest BCUT2D eigenvalue weighted by molar-refractivity contribution is 0.315. The summed E-state index contributed by atoms with van der Waals surface area (Å²) >= 11 is 0. The van der Waals surface area contributed by atoms with Gasteiger partial charge < -0.3 is 10.5 Å². The average Bonchev–Trinajstić information content (AvgIpc) is 2.43. The fourth-order valence-corrected chi connectivity index (χ4v) is 2.29. The first-order valence-electron chi connectivity index (χ1n) is 7.01. The van der Waals surface area contributed by atoms with Crippen molar-refractivity contribution < 1.29 is 4.74 Å². The highest BCUT2D eigenvalue weighted by Gasteiger charge is 2.11. The van der Waals surface area contributed by atoms with Crippen LogP contribution in [0.3, 0.4) is 0 Å². The van der Waals surface area contributed by atoms with Gasteiger partial charge in [-0.25, -0.2) is 0 Å². The molecule has 0 saturated heterocycles. The maximum absolute atomic E-state index is 6.36. The van der Waals surface area contributed by atoms with Gasteiger partial charge in [-0.1, -0.05) is 36.2 Å². The van der Waals surface area contributed by atoms with Crippen LogP contribution >= 0.6 is 0 Å². The minimum absolute atomic E-state index is 0.175. The van der Waals surface area contributed by atoms with Crippen LogP contribution in [0.2, 0.25) is 0 Å². The molecule has 2 rings (SSSR count). The van der Waals surface area contributed by atoms with E-state index in [1.807, 2.05) is 6.07 Å². The van der Waals surface area contributed by atoms with Gasteiger partial charge in [0.15, 0.2) is 0 Å². The first-order chi connectivity index (χ1) is 9.60. The number of rotatable bonds is 5. The van der Waals surface area contributed by atoms with E-state index in [-0.39, 0.29) is 6.04 Å². The molecule has 3 nitrogen and oxygen atoms in total. The number of benzene rings is 1. The molecule has 0 aliphatic rings. The molecule has 0 bridgehead atoms. The minimum Gasteiger partial charge on any atom is -0.492 e. The third kappa shape index (κ3) is 3.58. The topological polar surface area (TPSA) is 48.1 Å². The molecule has 20 heavy (non-hydrogen) atoms. The van der Waals surface area contributed by atoms with Crippen molar-refractivity contribution in [3.8, 4) is 5.75 Å². The molecule has 0 fully saturated rings. The van der Waals surface area contributed by atoms with Crippen LogP contribution in [0.15, 0.2) is 36.7 Å². The molecule has 0 aliphatic carbocycles.